The number of nitrogens with two attached hydrogens (primary N) is 1. The van der Waals surface area contributed by atoms with E-state index in [0.717, 1.165) is 5.56 Å². The van der Waals surface area contributed by atoms with Crippen molar-refractivity contribution >= 4 is 11.7 Å². The monoisotopic (exact) mass is 409 g/mol. The van der Waals surface area contributed by atoms with Crippen LogP contribution in [0, 0.1) is 5.92 Å². The zero-order valence-corrected chi connectivity index (χ0v) is 17.3. The number of amides is 1. The number of imidazole rings is 1. The second-order valence-electron chi connectivity index (χ2n) is 8.86. The van der Waals surface area contributed by atoms with Crippen LogP contribution in [-0.4, -0.2) is 32.2 Å². The zero-order valence-electron chi connectivity index (χ0n) is 17.3. The predicted molar refractivity (Wildman–Crippen MR) is 105 cm³/mol. The van der Waals surface area contributed by atoms with Crippen molar-refractivity contribution in [3.05, 3.63) is 29.7 Å². The van der Waals surface area contributed by atoms with Gasteiger partial charge < -0.3 is 15.8 Å². The highest BCUT2D eigenvalue weighted by Crippen LogP contribution is 2.41. The predicted octanol–water partition coefficient (Wildman–Crippen LogP) is 4.14. The molecule has 160 valence electrons. The highest BCUT2D eigenvalue weighted by atomic mass is 19.3. The molecule has 0 radical (unpaired) electrons. The fourth-order valence-corrected chi connectivity index (χ4v) is 3.57. The third-order valence-corrected chi connectivity index (χ3v) is 5.11. The van der Waals surface area contributed by atoms with Gasteiger partial charge in [0, 0.05) is 18.9 Å². The normalized spacial score (nSPS) is 19.7. The largest absolute Gasteiger partial charge is 0.444 e. The number of alkyl halides is 2. The van der Waals surface area contributed by atoms with E-state index in [1.54, 1.807) is 37.7 Å². The van der Waals surface area contributed by atoms with Crippen molar-refractivity contribution in [3.8, 4) is 0 Å². The van der Waals surface area contributed by atoms with Crippen LogP contribution in [0.3, 0.4) is 0 Å². The van der Waals surface area contributed by atoms with E-state index in [4.69, 9.17) is 10.5 Å². The van der Waals surface area contributed by atoms with E-state index >= 15 is 0 Å². The summed E-state index contributed by atoms with van der Waals surface area (Å²) in [5.74, 6) is -2.82. The van der Waals surface area contributed by atoms with Gasteiger partial charge in [-0.05, 0) is 58.1 Å². The van der Waals surface area contributed by atoms with Crippen LogP contribution in [0.5, 0.6) is 0 Å². The summed E-state index contributed by atoms with van der Waals surface area (Å²) in [6, 6.07) is 1.10. The number of nitrogens with one attached hydrogen (secondary N) is 1. The van der Waals surface area contributed by atoms with Gasteiger partial charge in [-0.25, -0.2) is 23.1 Å². The lowest BCUT2D eigenvalue weighted by Gasteiger charge is -2.33. The van der Waals surface area contributed by atoms with E-state index in [1.807, 2.05) is 13.0 Å². The quantitative estimate of drug-likeness (QED) is 0.791. The van der Waals surface area contributed by atoms with Crippen molar-refractivity contribution in [2.24, 2.45) is 11.7 Å². The third kappa shape index (κ3) is 5.41. The topological polar surface area (TPSA) is 94.5 Å². The Morgan fingerprint density at radius 3 is 2.62 bits per heavy atom. The molecule has 2 aromatic rings. The first-order valence-corrected chi connectivity index (χ1v) is 9.92. The van der Waals surface area contributed by atoms with Gasteiger partial charge in [0.1, 0.15) is 5.60 Å². The van der Waals surface area contributed by atoms with Crippen LogP contribution < -0.4 is 11.1 Å². The number of aromatic nitrogens is 3. The van der Waals surface area contributed by atoms with Crippen LogP contribution >= 0.6 is 0 Å². The third-order valence-electron chi connectivity index (χ3n) is 5.11. The first-order valence-electron chi connectivity index (χ1n) is 9.92. The van der Waals surface area contributed by atoms with Crippen molar-refractivity contribution in [1.82, 2.24) is 19.9 Å². The Labute approximate surface area is 169 Å². The van der Waals surface area contributed by atoms with Gasteiger partial charge in [0.2, 0.25) is 5.92 Å². The summed E-state index contributed by atoms with van der Waals surface area (Å²) in [5.41, 5.74) is 7.25. The molecule has 0 aliphatic heterocycles. The average molecular weight is 409 g/mol. The Morgan fingerprint density at radius 1 is 1.38 bits per heavy atom. The Kier molecular flexibility index (Phi) is 5.80. The molecule has 0 unspecified atom stereocenters. The lowest BCUT2D eigenvalue weighted by Crippen LogP contribution is -2.40. The summed E-state index contributed by atoms with van der Waals surface area (Å²) >= 11 is 0. The molecule has 2 aromatic heterocycles. The lowest BCUT2D eigenvalue weighted by atomic mass is 9.81. The second-order valence-corrected chi connectivity index (χ2v) is 8.86. The molecule has 1 aliphatic carbocycles. The summed E-state index contributed by atoms with van der Waals surface area (Å²) in [6.45, 7) is 7.17. The molecule has 0 bridgehead atoms. The maximum absolute atomic E-state index is 13.7. The van der Waals surface area contributed by atoms with Crippen molar-refractivity contribution in [3.63, 3.8) is 0 Å². The van der Waals surface area contributed by atoms with Crippen molar-refractivity contribution in [2.75, 3.05) is 0 Å². The van der Waals surface area contributed by atoms with E-state index in [-0.39, 0.29) is 24.8 Å². The molecular weight excluding hydrogens is 380 g/mol. The molecule has 0 spiro atoms. The molecule has 2 heterocycles. The number of alkyl carbamates (subject to hydrolysis) is 1. The molecule has 3 N–H and O–H groups in total. The molecule has 1 saturated carbocycles. The number of hydrogen-bond donors (Lipinski definition) is 2. The number of fused-ring (bicyclic) bond motifs is 1. The van der Waals surface area contributed by atoms with Gasteiger partial charge in [-0.1, -0.05) is 0 Å². The minimum atomic E-state index is -2.65. The molecular formula is C20H29F2N5O2. The summed E-state index contributed by atoms with van der Waals surface area (Å²) < 4.78 is 34.3. The van der Waals surface area contributed by atoms with Gasteiger partial charge in [0.15, 0.2) is 5.65 Å². The van der Waals surface area contributed by atoms with Gasteiger partial charge in [-0.15, -0.1) is 0 Å². The van der Waals surface area contributed by atoms with Gasteiger partial charge in [0.05, 0.1) is 24.1 Å². The standard InChI is InChI=1S/C20H29F2N5O2/c1-12(23)14-9-16-25-15(11-27(16)24-10-14)17(26-18(28)29-19(2,3)4)13-5-7-20(21,22)8-6-13/h9-13,17H,5-8,23H2,1-4H3,(H,26,28)/t12-,17-/m0/s1. The Balaban J connectivity index is 1.89. The van der Waals surface area contributed by atoms with Crippen LogP contribution in [-0.2, 0) is 4.74 Å². The van der Waals surface area contributed by atoms with Crippen molar-refractivity contribution < 1.29 is 18.3 Å². The lowest BCUT2D eigenvalue weighted by molar-refractivity contribution is -0.0500. The number of halogens is 2. The van der Waals surface area contributed by atoms with E-state index in [0.29, 0.717) is 24.2 Å². The molecule has 3 rings (SSSR count). The molecule has 1 aliphatic rings. The van der Waals surface area contributed by atoms with Crippen LogP contribution in [0.25, 0.3) is 5.65 Å². The molecule has 9 heteroatoms. The highest BCUT2D eigenvalue weighted by Gasteiger charge is 2.39. The Bertz CT molecular complexity index is 865. The Morgan fingerprint density at radius 2 is 2.03 bits per heavy atom. The maximum atomic E-state index is 13.7. The van der Waals surface area contributed by atoms with Crippen LogP contribution in [0.2, 0.25) is 0 Å². The number of ether oxygens (including phenoxy) is 1. The second kappa shape index (κ2) is 7.85. The van der Waals surface area contributed by atoms with Crippen molar-refractivity contribution in [1.29, 1.82) is 0 Å². The first kappa shape index (κ1) is 21.4. The first-order chi connectivity index (χ1) is 13.4. The van der Waals surface area contributed by atoms with E-state index in [1.165, 1.54) is 0 Å². The molecule has 0 aromatic carbocycles. The van der Waals surface area contributed by atoms with E-state index in [2.05, 4.69) is 15.4 Å². The highest BCUT2D eigenvalue weighted by molar-refractivity contribution is 5.68. The number of rotatable bonds is 4. The summed E-state index contributed by atoms with van der Waals surface area (Å²) in [4.78, 5) is 17.0. The molecule has 1 fully saturated rings. The summed E-state index contributed by atoms with van der Waals surface area (Å²) in [6.07, 6.45) is 2.96. The minimum Gasteiger partial charge on any atom is -0.444 e. The van der Waals surface area contributed by atoms with Gasteiger partial charge in [-0.3, -0.25) is 0 Å². The molecule has 29 heavy (non-hydrogen) atoms. The van der Waals surface area contributed by atoms with Gasteiger partial charge in [-0.2, -0.15) is 5.10 Å². The van der Waals surface area contributed by atoms with Crippen molar-refractivity contribution in [2.45, 2.75) is 77.0 Å². The van der Waals surface area contributed by atoms with Gasteiger partial charge >= 0.3 is 6.09 Å². The van der Waals surface area contributed by atoms with Crippen LogP contribution in [0.1, 0.15) is 76.7 Å². The Hall–Kier alpha value is -2.29. The number of carbonyl (C=O) groups is 1. The summed E-state index contributed by atoms with van der Waals surface area (Å²) in [5, 5.41) is 7.17. The fourth-order valence-electron chi connectivity index (χ4n) is 3.57. The molecule has 2 atom stereocenters. The van der Waals surface area contributed by atoms with Crippen LogP contribution in [0.15, 0.2) is 18.5 Å². The zero-order chi connectivity index (χ0) is 21.4. The van der Waals surface area contributed by atoms with Gasteiger partial charge in [0.25, 0.3) is 0 Å². The number of nitrogens with zero attached hydrogens (tertiary/aromatic N) is 3. The number of hydrogen-bond acceptors (Lipinski definition) is 5. The SMILES string of the molecule is C[C@H](N)c1cnn2cc([C@@H](NC(=O)OC(C)(C)C)C3CCC(F)(F)CC3)nc2c1. The average Bonchev–Trinajstić information content (AvgIpc) is 3.01. The molecule has 0 saturated heterocycles. The smallest absolute Gasteiger partial charge is 0.408 e. The molecule has 1 amide bonds. The van der Waals surface area contributed by atoms with E-state index < -0.39 is 23.7 Å². The minimum absolute atomic E-state index is 0.167. The maximum Gasteiger partial charge on any atom is 0.408 e. The van der Waals surface area contributed by atoms with E-state index in [9.17, 15) is 13.6 Å². The van der Waals surface area contributed by atoms with Crippen LogP contribution in [0.4, 0.5) is 13.6 Å². The number of carbonyl (C=O) groups excluding carboxylic acids is 1. The summed E-state index contributed by atoms with van der Waals surface area (Å²) in [7, 11) is 0. The fraction of sp³-hybridized carbons (Fsp3) is 0.650. The molecule has 7 nitrogen and oxygen atoms in total.